The topological polar surface area (TPSA) is 20.2 Å². The van der Waals surface area contributed by atoms with Crippen LogP contribution in [0.5, 0.6) is 0 Å². The van der Waals surface area contributed by atoms with Gasteiger partial charge in [-0.15, -0.1) is 0 Å². The second kappa shape index (κ2) is 3.03. The first-order chi connectivity index (χ1) is 5.23. The van der Waals surface area contributed by atoms with Crippen molar-refractivity contribution in [2.45, 2.75) is 55.6 Å². The van der Waals surface area contributed by atoms with E-state index in [1.165, 1.54) is 0 Å². The van der Waals surface area contributed by atoms with Crippen LogP contribution in [0.25, 0.3) is 0 Å². The summed E-state index contributed by atoms with van der Waals surface area (Å²) >= 11 is 1.99. The van der Waals surface area contributed by atoms with Crippen molar-refractivity contribution in [3.05, 3.63) is 0 Å². The third-order valence-corrected chi connectivity index (χ3v) is 8.89. The highest BCUT2D eigenvalue weighted by atomic mass is 32.2. The van der Waals surface area contributed by atoms with Crippen LogP contribution in [0.1, 0.15) is 20.3 Å². The minimum absolute atomic E-state index is 0.411. The van der Waals surface area contributed by atoms with Crippen LogP contribution in [0.2, 0.25) is 19.6 Å². The lowest BCUT2D eigenvalue weighted by molar-refractivity contribution is 0.0641. The molecule has 0 radical (unpaired) electrons. The van der Waals surface area contributed by atoms with Crippen molar-refractivity contribution in [2.75, 3.05) is 0 Å². The van der Waals surface area contributed by atoms with E-state index in [1.54, 1.807) is 0 Å². The molecule has 0 amide bonds. The molecule has 1 N–H and O–H groups in total. The SMILES string of the molecule is CC1SC([Si](C)(C)C)CC1(C)O. The fourth-order valence-corrected chi connectivity index (χ4v) is 6.08. The Hall–Kier alpha value is 0.527. The van der Waals surface area contributed by atoms with Gasteiger partial charge in [0.2, 0.25) is 0 Å². The average Bonchev–Trinajstić information content (AvgIpc) is 2.06. The number of hydrogen-bond acceptors (Lipinski definition) is 2. The van der Waals surface area contributed by atoms with E-state index in [9.17, 15) is 5.11 Å². The zero-order valence-electron chi connectivity index (χ0n) is 8.72. The van der Waals surface area contributed by atoms with Crippen LogP contribution < -0.4 is 0 Å². The lowest BCUT2D eigenvalue weighted by Gasteiger charge is -2.24. The summed E-state index contributed by atoms with van der Waals surface area (Å²) in [6.45, 7) is 11.3. The molecule has 1 nitrogen and oxygen atoms in total. The Morgan fingerprint density at radius 1 is 1.42 bits per heavy atom. The van der Waals surface area contributed by atoms with Gasteiger partial charge >= 0.3 is 0 Å². The molecule has 3 unspecified atom stereocenters. The van der Waals surface area contributed by atoms with E-state index < -0.39 is 13.7 Å². The normalized spacial score (nSPS) is 43.5. The predicted molar refractivity (Wildman–Crippen MR) is 59.4 cm³/mol. The largest absolute Gasteiger partial charge is 0.389 e. The molecule has 0 aromatic heterocycles. The smallest absolute Gasteiger partial charge is 0.0742 e. The summed E-state index contributed by atoms with van der Waals surface area (Å²) in [5, 5.41) is 10.4. The molecule has 1 heterocycles. The summed E-state index contributed by atoms with van der Waals surface area (Å²) in [7, 11) is -1.05. The van der Waals surface area contributed by atoms with Gasteiger partial charge in [-0.1, -0.05) is 26.6 Å². The van der Waals surface area contributed by atoms with Crippen LogP contribution in [0.15, 0.2) is 0 Å². The van der Waals surface area contributed by atoms with E-state index >= 15 is 0 Å². The number of aliphatic hydroxyl groups is 1. The first-order valence-corrected chi connectivity index (χ1v) is 9.13. The Bertz CT molecular complexity index is 174. The second-order valence-corrected chi connectivity index (χ2v) is 12.6. The third kappa shape index (κ3) is 2.06. The van der Waals surface area contributed by atoms with Gasteiger partial charge in [-0.25, -0.2) is 0 Å². The molecule has 3 heteroatoms. The van der Waals surface area contributed by atoms with E-state index in [1.807, 2.05) is 18.7 Å². The summed E-state index contributed by atoms with van der Waals surface area (Å²) < 4.78 is 0. The van der Waals surface area contributed by atoms with Gasteiger partial charge in [-0.2, -0.15) is 11.8 Å². The summed E-state index contributed by atoms with van der Waals surface area (Å²) in [6.07, 6.45) is 0.995. The molecule has 1 aliphatic rings. The highest BCUT2D eigenvalue weighted by Crippen LogP contribution is 2.44. The molecule has 0 saturated carbocycles. The Morgan fingerprint density at radius 2 is 1.92 bits per heavy atom. The maximum absolute atomic E-state index is 10.00. The standard InChI is InChI=1S/C9H20OSSi/c1-7-9(2,10)6-8(11-7)12(3,4)5/h7-8,10H,6H2,1-5H3. The minimum Gasteiger partial charge on any atom is -0.389 e. The fraction of sp³-hybridized carbons (Fsp3) is 1.00. The quantitative estimate of drug-likeness (QED) is 0.662. The van der Waals surface area contributed by atoms with Crippen molar-refractivity contribution >= 4 is 19.8 Å². The van der Waals surface area contributed by atoms with Crippen molar-refractivity contribution in [1.29, 1.82) is 0 Å². The Morgan fingerprint density at radius 3 is 2.08 bits per heavy atom. The minimum atomic E-state index is -1.05. The predicted octanol–water partition coefficient (Wildman–Crippen LogP) is 2.51. The monoisotopic (exact) mass is 204 g/mol. The highest BCUT2D eigenvalue weighted by molar-refractivity contribution is 8.02. The molecule has 0 spiro atoms. The highest BCUT2D eigenvalue weighted by Gasteiger charge is 2.45. The van der Waals surface area contributed by atoms with Crippen molar-refractivity contribution in [3.63, 3.8) is 0 Å². The lowest BCUT2D eigenvalue weighted by atomic mass is 10.0. The van der Waals surface area contributed by atoms with E-state index in [4.69, 9.17) is 0 Å². The van der Waals surface area contributed by atoms with Gasteiger partial charge in [0.05, 0.1) is 13.7 Å². The summed E-state index contributed by atoms with van der Waals surface area (Å²) in [5.41, 5.74) is -0.421. The first-order valence-electron chi connectivity index (χ1n) is 4.61. The molecule has 72 valence electrons. The lowest BCUT2D eigenvalue weighted by Crippen LogP contribution is -2.37. The van der Waals surface area contributed by atoms with Gasteiger partial charge in [0, 0.05) is 10.1 Å². The molecule has 1 aliphatic heterocycles. The first kappa shape index (κ1) is 10.6. The van der Waals surface area contributed by atoms with Crippen molar-refractivity contribution in [2.24, 2.45) is 0 Å². The number of hydrogen-bond donors (Lipinski definition) is 1. The molecule has 12 heavy (non-hydrogen) atoms. The van der Waals surface area contributed by atoms with Gasteiger partial charge in [0.15, 0.2) is 0 Å². The molecule has 0 aromatic carbocycles. The van der Waals surface area contributed by atoms with E-state index in [0.717, 1.165) is 11.3 Å². The third-order valence-electron chi connectivity index (χ3n) is 2.81. The van der Waals surface area contributed by atoms with Crippen molar-refractivity contribution in [3.8, 4) is 0 Å². The van der Waals surface area contributed by atoms with Gasteiger partial charge < -0.3 is 5.11 Å². The van der Waals surface area contributed by atoms with Crippen molar-refractivity contribution < 1.29 is 5.11 Å². The Kier molecular flexibility index (Phi) is 2.68. The van der Waals surface area contributed by atoms with Crippen LogP contribution >= 0.6 is 11.8 Å². The van der Waals surface area contributed by atoms with Crippen LogP contribution in [-0.4, -0.2) is 28.9 Å². The summed E-state index contributed by atoms with van der Waals surface area (Å²) in [4.78, 5) is 0.738. The zero-order chi connectivity index (χ0) is 9.57. The van der Waals surface area contributed by atoms with E-state index in [0.29, 0.717) is 5.25 Å². The molecule has 1 rings (SSSR count). The van der Waals surface area contributed by atoms with Crippen molar-refractivity contribution in [1.82, 2.24) is 0 Å². The fourth-order valence-electron chi connectivity index (χ4n) is 1.49. The van der Waals surface area contributed by atoms with Crippen LogP contribution in [0.3, 0.4) is 0 Å². The van der Waals surface area contributed by atoms with Gasteiger partial charge in [0.1, 0.15) is 0 Å². The van der Waals surface area contributed by atoms with Gasteiger partial charge in [0.25, 0.3) is 0 Å². The second-order valence-electron chi connectivity index (χ2n) is 5.19. The van der Waals surface area contributed by atoms with Gasteiger partial charge in [-0.05, 0) is 13.3 Å². The maximum Gasteiger partial charge on any atom is 0.0742 e. The maximum atomic E-state index is 10.00. The zero-order valence-corrected chi connectivity index (χ0v) is 10.5. The van der Waals surface area contributed by atoms with Crippen LogP contribution in [-0.2, 0) is 0 Å². The molecule has 0 bridgehead atoms. The molecule has 0 aromatic rings. The number of thioether (sulfide) groups is 1. The van der Waals surface area contributed by atoms with Crippen LogP contribution in [0.4, 0.5) is 0 Å². The molecular formula is C9H20OSSi. The Labute approximate surface area is 81.0 Å². The average molecular weight is 204 g/mol. The summed E-state index contributed by atoms with van der Waals surface area (Å²) in [6, 6.07) is 0. The molecule has 1 fully saturated rings. The molecular weight excluding hydrogens is 184 g/mol. The molecule has 0 aliphatic carbocycles. The number of rotatable bonds is 1. The Balaban J connectivity index is 2.67. The van der Waals surface area contributed by atoms with E-state index in [-0.39, 0.29) is 0 Å². The van der Waals surface area contributed by atoms with Gasteiger partial charge in [-0.3, -0.25) is 0 Å². The van der Waals surface area contributed by atoms with E-state index in [2.05, 4.69) is 26.6 Å². The molecule has 3 atom stereocenters. The molecule has 1 saturated heterocycles. The van der Waals surface area contributed by atoms with Crippen LogP contribution in [0, 0.1) is 0 Å². The summed E-state index contributed by atoms with van der Waals surface area (Å²) in [5.74, 6) is 0.